The van der Waals surface area contributed by atoms with Crippen molar-refractivity contribution in [2.45, 2.75) is 61.9 Å². The number of piperidine rings is 1. The van der Waals surface area contributed by atoms with Crippen molar-refractivity contribution in [1.82, 2.24) is 4.90 Å². The van der Waals surface area contributed by atoms with E-state index in [9.17, 15) is 0 Å². The van der Waals surface area contributed by atoms with Gasteiger partial charge in [0.1, 0.15) is 16.9 Å². The number of hydrogen-bond donors (Lipinski definition) is 0. The van der Waals surface area contributed by atoms with E-state index in [4.69, 9.17) is 46.6 Å². The van der Waals surface area contributed by atoms with Crippen LogP contribution in [-0.2, 0) is 34.3 Å². The average Bonchev–Trinajstić information content (AvgIpc) is 3.65. The van der Waals surface area contributed by atoms with Crippen molar-refractivity contribution < 1.29 is 23.4 Å². The molecular weight excluding hydrogens is 585 g/mol. The summed E-state index contributed by atoms with van der Waals surface area (Å²) in [7, 11) is 1.64. The Hall–Kier alpha value is -2.74. The molecule has 3 aromatic carbocycles. The van der Waals surface area contributed by atoms with Crippen LogP contribution in [0.4, 0.5) is 0 Å². The second-order valence-electron chi connectivity index (χ2n) is 12.9. The first-order chi connectivity index (χ1) is 21.0. The van der Waals surface area contributed by atoms with E-state index in [0.717, 1.165) is 66.3 Å². The number of halogens is 2. The summed E-state index contributed by atoms with van der Waals surface area (Å²) in [5, 5.41) is 2.37. The van der Waals surface area contributed by atoms with Crippen molar-refractivity contribution in [1.29, 1.82) is 0 Å². The minimum absolute atomic E-state index is 0.146. The Morgan fingerprint density at radius 1 is 1.02 bits per heavy atom. The number of fused-ring (bicyclic) bond motifs is 4. The molecule has 0 unspecified atom stereocenters. The van der Waals surface area contributed by atoms with Crippen LogP contribution < -0.4 is 9.47 Å². The highest BCUT2D eigenvalue weighted by molar-refractivity contribution is 6.35. The third-order valence-corrected chi connectivity index (χ3v) is 11.5. The maximum Gasteiger partial charge on any atom is 0.188 e. The van der Waals surface area contributed by atoms with Gasteiger partial charge in [-0.05, 0) is 68.0 Å². The van der Waals surface area contributed by atoms with Gasteiger partial charge in [0.2, 0.25) is 0 Å². The number of nitrogens with zero attached hydrogens (tertiary/aromatic N) is 1. The second kappa shape index (κ2) is 9.63. The van der Waals surface area contributed by atoms with Crippen molar-refractivity contribution in [3.8, 4) is 11.5 Å². The highest BCUT2D eigenvalue weighted by Gasteiger charge is 2.74. The van der Waals surface area contributed by atoms with Gasteiger partial charge in [0, 0.05) is 58.2 Å². The molecule has 4 atom stereocenters. The lowest BCUT2D eigenvalue weighted by atomic mass is 9.49. The van der Waals surface area contributed by atoms with Gasteiger partial charge in [0.25, 0.3) is 0 Å². The van der Waals surface area contributed by atoms with Crippen LogP contribution in [-0.4, -0.2) is 43.5 Å². The largest absolute Gasteiger partial charge is 0.477 e. The molecule has 0 radical (unpaired) electrons. The van der Waals surface area contributed by atoms with E-state index in [0.29, 0.717) is 22.4 Å². The molecule has 1 spiro atoms. The number of furan rings is 1. The van der Waals surface area contributed by atoms with Crippen molar-refractivity contribution >= 4 is 34.2 Å². The Labute approximate surface area is 260 Å². The fraction of sp³-hybridized carbons (Fsp3) is 0.429. The van der Waals surface area contributed by atoms with Gasteiger partial charge in [-0.25, -0.2) is 0 Å². The van der Waals surface area contributed by atoms with Gasteiger partial charge in [0.15, 0.2) is 24.4 Å². The molecule has 1 saturated heterocycles. The molecule has 2 fully saturated rings. The fourth-order valence-corrected chi connectivity index (χ4v) is 9.27. The van der Waals surface area contributed by atoms with E-state index in [1.165, 1.54) is 29.5 Å². The molecule has 5 aliphatic rings. The number of benzene rings is 3. The summed E-state index contributed by atoms with van der Waals surface area (Å²) in [5.41, 5.74) is 4.33. The molecule has 1 saturated carbocycles. The van der Waals surface area contributed by atoms with Gasteiger partial charge in [0.05, 0.1) is 12.0 Å². The second-order valence-corrected chi connectivity index (χ2v) is 13.7. The van der Waals surface area contributed by atoms with Crippen LogP contribution in [0.3, 0.4) is 0 Å². The summed E-state index contributed by atoms with van der Waals surface area (Å²) < 4.78 is 32.7. The number of rotatable bonds is 8. The van der Waals surface area contributed by atoms with Crippen molar-refractivity contribution in [3.05, 3.63) is 92.7 Å². The van der Waals surface area contributed by atoms with Gasteiger partial charge in [-0.1, -0.05) is 53.5 Å². The Morgan fingerprint density at radius 3 is 2.67 bits per heavy atom. The number of methoxy groups -OCH3 is 1. The van der Waals surface area contributed by atoms with E-state index in [2.05, 4.69) is 29.2 Å². The zero-order chi connectivity index (χ0) is 28.9. The van der Waals surface area contributed by atoms with E-state index in [1.807, 2.05) is 30.3 Å². The summed E-state index contributed by atoms with van der Waals surface area (Å²) in [6.07, 6.45) is 4.74. The summed E-state index contributed by atoms with van der Waals surface area (Å²) in [6.45, 7) is 2.54. The maximum absolute atomic E-state index is 7.47. The van der Waals surface area contributed by atoms with Gasteiger partial charge >= 0.3 is 0 Å². The molecule has 2 aliphatic heterocycles. The molecule has 222 valence electrons. The van der Waals surface area contributed by atoms with Crippen LogP contribution in [0.5, 0.6) is 11.5 Å². The third kappa shape index (κ3) is 3.65. The highest BCUT2D eigenvalue weighted by atomic mass is 35.5. The molecule has 0 amide bonds. The van der Waals surface area contributed by atoms with E-state index in [1.54, 1.807) is 7.11 Å². The lowest BCUT2D eigenvalue weighted by Crippen LogP contribution is -2.75. The van der Waals surface area contributed by atoms with Gasteiger partial charge < -0.3 is 23.4 Å². The summed E-state index contributed by atoms with van der Waals surface area (Å²) in [5.74, 6) is 3.16. The topological polar surface area (TPSA) is 53.3 Å². The Bertz CT molecular complexity index is 1750. The summed E-state index contributed by atoms with van der Waals surface area (Å²) >= 11 is 13.5. The lowest BCUT2D eigenvalue weighted by molar-refractivity contribution is -0.212. The first-order valence-corrected chi connectivity index (χ1v) is 16.1. The molecule has 4 aromatic rings. The van der Waals surface area contributed by atoms with Crippen molar-refractivity contribution in [2.75, 3.05) is 27.0 Å². The first kappa shape index (κ1) is 26.6. The molecule has 9 rings (SSSR count). The van der Waals surface area contributed by atoms with Crippen LogP contribution in [0.1, 0.15) is 53.4 Å². The predicted octanol–water partition coefficient (Wildman–Crippen LogP) is 7.65. The third-order valence-electron chi connectivity index (χ3n) is 10.7. The zero-order valence-corrected chi connectivity index (χ0v) is 25.5. The summed E-state index contributed by atoms with van der Waals surface area (Å²) in [4.78, 5) is 2.72. The van der Waals surface area contributed by atoms with Crippen molar-refractivity contribution in [3.63, 3.8) is 0 Å². The van der Waals surface area contributed by atoms with Gasteiger partial charge in [-0.2, -0.15) is 0 Å². The number of para-hydroxylation sites is 1. The van der Waals surface area contributed by atoms with E-state index in [-0.39, 0.29) is 18.9 Å². The number of hydrogen-bond acceptors (Lipinski definition) is 6. The molecule has 8 heteroatoms. The van der Waals surface area contributed by atoms with Crippen molar-refractivity contribution in [2.24, 2.45) is 5.92 Å². The Kier molecular flexibility index (Phi) is 5.97. The molecule has 6 nitrogen and oxygen atoms in total. The van der Waals surface area contributed by atoms with Crippen LogP contribution in [0.2, 0.25) is 10.0 Å². The molecule has 1 aromatic heterocycles. The van der Waals surface area contributed by atoms with Crippen LogP contribution in [0.25, 0.3) is 11.0 Å². The molecule has 3 aliphatic carbocycles. The molecule has 3 heterocycles. The predicted molar refractivity (Wildman–Crippen MR) is 164 cm³/mol. The maximum atomic E-state index is 7.47. The van der Waals surface area contributed by atoms with E-state index < -0.39 is 11.0 Å². The highest BCUT2D eigenvalue weighted by Crippen LogP contribution is 2.70. The molecule has 0 N–H and O–H groups in total. The quantitative estimate of drug-likeness (QED) is 0.189. The van der Waals surface area contributed by atoms with Crippen LogP contribution in [0.15, 0.2) is 59.0 Å². The normalized spacial score (nSPS) is 28.4. The smallest absolute Gasteiger partial charge is 0.188 e. The minimum atomic E-state index is -0.606. The van der Waals surface area contributed by atoms with Gasteiger partial charge in [-0.15, -0.1) is 0 Å². The Balaban J connectivity index is 1.29. The number of ether oxygens (including phenoxy) is 4. The fourth-order valence-electron chi connectivity index (χ4n) is 8.76. The lowest BCUT2D eigenvalue weighted by Gasteiger charge is -2.64. The van der Waals surface area contributed by atoms with Crippen LogP contribution >= 0.6 is 23.2 Å². The average molecular weight is 619 g/mol. The molecule has 2 bridgehead atoms. The first-order valence-electron chi connectivity index (χ1n) is 15.3. The molecule has 43 heavy (non-hydrogen) atoms. The monoisotopic (exact) mass is 617 g/mol. The summed E-state index contributed by atoms with van der Waals surface area (Å²) in [6, 6.07) is 18.4. The standard InChI is InChI=1S/C35H33Cl2NO5/c1-39-19-40-28-12-11-21-15-29-35(41-18-24-25(36)6-4-7-26(24)37)16-23-22-5-2-3-8-27(22)42-31(23)33-34(35,30(21)32(28)43-33)13-14-38(29)17-20-9-10-20/h2-8,11-12,20,29,33H,9-10,13-19H2,1H3/t29-,33-,34-,35+/m0/s1. The SMILES string of the molecule is COCOc1ccc2c3c1O[C@H]1c4oc5ccccc5c4C[C@@]4(OCc5c(Cl)cccc5Cl)[C@H](C2)N(CC2CC2)CC[C@]314. The minimum Gasteiger partial charge on any atom is -0.477 e. The zero-order valence-electron chi connectivity index (χ0n) is 24.0. The molecular formula is C35H33Cl2NO5. The van der Waals surface area contributed by atoms with Crippen LogP contribution in [0, 0.1) is 5.92 Å². The van der Waals surface area contributed by atoms with Gasteiger partial charge in [-0.3, -0.25) is 4.90 Å². The van der Waals surface area contributed by atoms with E-state index >= 15 is 0 Å². The number of likely N-dealkylation sites (tertiary alicyclic amines) is 1. The Morgan fingerprint density at radius 2 is 1.86 bits per heavy atom.